The number of nitrogens with zero attached hydrogens (tertiary/aromatic N) is 2. The minimum absolute atomic E-state index is 0. The zero-order chi connectivity index (χ0) is 38.8. The van der Waals surface area contributed by atoms with Crippen LogP contribution in [0.1, 0.15) is 67.3 Å². The quantitative estimate of drug-likeness (QED) is 0.174. The molecule has 0 spiro atoms. The van der Waals surface area contributed by atoms with Gasteiger partial charge in [-0.05, 0) is 171 Å². The second kappa shape index (κ2) is 14.9. The molecule has 276 valence electrons. The third-order valence-corrected chi connectivity index (χ3v) is 11.7. The number of hydrogen-bond donors (Lipinski definition) is 2. The first kappa shape index (κ1) is 38.0. The van der Waals surface area contributed by atoms with Crippen LogP contribution in [-0.2, 0) is 19.5 Å². The Balaban J connectivity index is 0.00000455. The van der Waals surface area contributed by atoms with Crippen molar-refractivity contribution in [3.05, 3.63) is 164 Å². The van der Waals surface area contributed by atoms with Crippen LogP contribution >= 0.6 is 0 Å². The van der Waals surface area contributed by atoms with Crippen molar-refractivity contribution in [2.75, 3.05) is 0 Å². The smallest absolute Gasteiger partial charge is 0.0737 e. The topological polar surface area (TPSA) is 57.4 Å². The van der Waals surface area contributed by atoms with Gasteiger partial charge in [0.2, 0.25) is 0 Å². The number of benzene rings is 4. The Hall–Kier alpha value is -5.90. The second-order valence-electron chi connectivity index (χ2n) is 15.6. The van der Waals surface area contributed by atoms with Crippen molar-refractivity contribution in [2.24, 2.45) is 0 Å². The van der Waals surface area contributed by atoms with Crippen molar-refractivity contribution in [3.63, 3.8) is 0 Å². The fourth-order valence-corrected chi connectivity index (χ4v) is 9.09. The Labute approximate surface area is 348 Å². The van der Waals surface area contributed by atoms with Crippen molar-refractivity contribution in [3.8, 4) is 44.5 Å². The van der Waals surface area contributed by atoms with Crippen LogP contribution in [-0.4, -0.2) is 19.9 Å². The molecule has 2 aliphatic rings. The van der Waals surface area contributed by atoms with Gasteiger partial charge in [0.15, 0.2) is 0 Å². The van der Waals surface area contributed by atoms with E-state index in [1.165, 1.54) is 66.8 Å². The van der Waals surface area contributed by atoms with E-state index in [9.17, 15) is 0 Å². The first-order chi connectivity index (χ1) is 27.1. The first-order valence-corrected chi connectivity index (χ1v) is 19.5. The summed E-state index contributed by atoms with van der Waals surface area (Å²) in [6, 6.07) is 35.0. The Morgan fingerprint density at radius 3 is 0.667 bits per heavy atom. The maximum absolute atomic E-state index is 5.57. The zero-order valence-corrected chi connectivity index (χ0v) is 37.1. The van der Waals surface area contributed by atoms with E-state index in [1.807, 2.05) is 0 Å². The third kappa shape index (κ3) is 6.45. The molecular formula is C52H46N4Zn. The Kier molecular flexibility index (Phi) is 9.92. The van der Waals surface area contributed by atoms with Crippen LogP contribution in [0.5, 0.6) is 0 Å². The monoisotopic (exact) mass is 790 g/mol. The molecule has 4 aromatic carbocycles. The van der Waals surface area contributed by atoms with Gasteiger partial charge in [0.1, 0.15) is 0 Å². The van der Waals surface area contributed by atoms with E-state index in [2.05, 4.69) is 187 Å². The molecule has 0 fully saturated rings. The molecule has 0 atom stereocenters. The number of nitrogens with one attached hydrogen (secondary N) is 2. The van der Waals surface area contributed by atoms with Gasteiger partial charge in [0.05, 0.1) is 22.8 Å². The number of aromatic amines is 2. The van der Waals surface area contributed by atoms with E-state index in [0.717, 1.165) is 67.1 Å². The van der Waals surface area contributed by atoms with Crippen LogP contribution in [0.3, 0.4) is 0 Å². The molecule has 2 aliphatic heterocycles. The van der Waals surface area contributed by atoms with Gasteiger partial charge in [-0.3, -0.25) is 0 Å². The molecule has 8 bridgehead atoms. The molecule has 3 aromatic heterocycles. The number of hydrogen-bond acceptors (Lipinski definition) is 2. The first-order valence-electron chi connectivity index (χ1n) is 19.5. The summed E-state index contributed by atoms with van der Waals surface area (Å²) in [5, 5.41) is 0. The molecule has 5 heterocycles. The Bertz CT molecular complexity index is 2530. The molecule has 9 rings (SSSR count). The van der Waals surface area contributed by atoms with Gasteiger partial charge < -0.3 is 9.97 Å². The minimum atomic E-state index is 0. The largest absolute Gasteiger partial charge is 0.354 e. The summed E-state index contributed by atoms with van der Waals surface area (Å²) in [5.41, 5.74) is 26.5. The van der Waals surface area contributed by atoms with Crippen LogP contribution in [0, 0.1) is 55.4 Å². The van der Waals surface area contributed by atoms with Gasteiger partial charge in [-0.1, -0.05) is 72.8 Å². The van der Waals surface area contributed by atoms with Crippen molar-refractivity contribution in [1.29, 1.82) is 0 Å². The van der Waals surface area contributed by atoms with E-state index in [0.29, 0.717) is 0 Å². The number of H-pyrrole nitrogens is 2. The molecular weight excluding hydrogens is 746 g/mol. The summed E-state index contributed by atoms with van der Waals surface area (Å²) in [5.74, 6) is 0. The molecule has 57 heavy (non-hydrogen) atoms. The summed E-state index contributed by atoms with van der Waals surface area (Å²) in [7, 11) is 0. The van der Waals surface area contributed by atoms with Crippen LogP contribution in [0.15, 0.2) is 97.1 Å². The van der Waals surface area contributed by atoms with Crippen molar-refractivity contribution < 1.29 is 19.5 Å². The van der Waals surface area contributed by atoms with Crippen LogP contribution < -0.4 is 0 Å². The summed E-state index contributed by atoms with van der Waals surface area (Å²) in [6.07, 6.45) is 8.78. The van der Waals surface area contributed by atoms with E-state index in [-0.39, 0.29) is 19.5 Å². The van der Waals surface area contributed by atoms with Gasteiger partial charge >= 0.3 is 0 Å². The molecule has 0 unspecified atom stereocenters. The van der Waals surface area contributed by atoms with Crippen LogP contribution in [0.2, 0.25) is 0 Å². The molecule has 0 radical (unpaired) electrons. The van der Waals surface area contributed by atoms with Gasteiger partial charge in [-0.15, -0.1) is 0 Å². The SMILES string of the molecule is Cc1cccc(C)c1-c1c2nc(c(-c3c(C)cccc3C)c3ccc([nH]3)c(-c3c(C)cccc3C)c3nc(c(-c4c(C)cccc4C)c4ccc1[nH]4)C=C3)C=C2.[Zn]. The third-order valence-electron chi connectivity index (χ3n) is 11.7. The van der Waals surface area contributed by atoms with Crippen LogP contribution in [0.25, 0.3) is 90.9 Å². The molecule has 7 aromatic rings. The second-order valence-corrected chi connectivity index (χ2v) is 15.6. The van der Waals surface area contributed by atoms with Crippen molar-refractivity contribution in [1.82, 2.24) is 19.9 Å². The summed E-state index contributed by atoms with van der Waals surface area (Å²) in [4.78, 5) is 19.0. The van der Waals surface area contributed by atoms with Crippen molar-refractivity contribution in [2.45, 2.75) is 55.4 Å². The molecule has 0 saturated heterocycles. The summed E-state index contributed by atoms with van der Waals surface area (Å²) < 4.78 is 0. The fraction of sp³-hybridized carbons (Fsp3) is 0.154. The molecule has 0 saturated carbocycles. The minimum Gasteiger partial charge on any atom is -0.354 e. The fourth-order valence-electron chi connectivity index (χ4n) is 9.09. The Morgan fingerprint density at radius 1 is 0.281 bits per heavy atom. The van der Waals surface area contributed by atoms with Gasteiger partial charge in [0, 0.05) is 63.8 Å². The normalized spacial score (nSPS) is 11.9. The molecule has 4 nitrogen and oxygen atoms in total. The average Bonchev–Trinajstić information content (AvgIpc) is 4.00. The summed E-state index contributed by atoms with van der Waals surface area (Å²) in [6.45, 7) is 17.6. The van der Waals surface area contributed by atoms with E-state index < -0.39 is 0 Å². The van der Waals surface area contributed by atoms with E-state index in [1.54, 1.807) is 0 Å². The van der Waals surface area contributed by atoms with Crippen LogP contribution in [0.4, 0.5) is 0 Å². The maximum atomic E-state index is 5.57. The number of aromatic nitrogens is 4. The van der Waals surface area contributed by atoms with Gasteiger partial charge in [-0.2, -0.15) is 0 Å². The van der Waals surface area contributed by atoms with E-state index in [4.69, 9.17) is 9.97 Å². The molecule has 5 heteroatoms. The predicted octanol–water partition coefficient (Wildman–Crippen LogP) is 13.8. The Morgan fingerprint density at radius 2 is 0.474 bits per heavy atom. The van der Waals surface area contributed by atoms with Gasteiger partial charge in [0.25, 0.3) is 0 Å². The average molecular weight is 792 g/mol. The number of fused-ring (bicyclic) bond motifs is 8. The van der Waals surface area contributed by atoms with Gasteiger partial charge in [-0.25, -0.2) is 9.97 Å². The van der Waals surface area contributed by atoms with Crippen molar-refractivity contribution >= 4 is 46.4 Å². The summed E-state index contributed by atoms with van der Waals surface area (Å²) >= 11 is 0. The predicted molar refractivity (Wildman–Crippen MR) is 238 cm³/mol. The maximum Gasteiger partial charge on any atom is 0.0737 e. The molecule has 2 N–H and O–H groups in total. The van der Waals surface area contributed by atoms with E-state index >= 15 is 0 Å². The standard InChI is InChI=1S/C52H46N4.Zn/c1-29-13-9-14-30(2)45(29)49-37-21-23-39(53-37)50(46-31(3)15-10-16-32(46)4)41-25-27-43(55-41)52(48-35(7)19-12-20-36(48)8)44-28-26-42(56-44)51(40-24-22-38(49)54-40)47-33(5)17-11-18-34(47)6;/h9-28,53,56H,1-8H3;. The number of rotatable bonds is 4. The molecule has 0 amide bonds. The number of aryl methyl sites for hydroxylation is 8. The molecule has 0 aliphatic carbocycles. The zero-order valence-electron chi connectivity index (χ0n) is 34.1.